The third-order valence-electron chi connectivity index (χ3n) is 2.50. The van der Waals surface area contributed by atoms with Crippen molar-refractivity contribution in [1.82, 2.24) is 15.2 Å². The van der Waals surface area contributed by atoms with Gasteiger partial charge in [0.05, 0.1) is 11.9 Å². The smallest absolute Gasteiger partial charge is 0.266 e. The normalized spacial score (nSPS) is 16.0. The number of H-pyrrole nitrogens is 1. The molecule has 0 saturated heterocycles. The quantitative estimate of drug-likeness (QED) is 0.882. The van der Waals surface area contributed by atoms with Gasteiger partial charge in [-0.05, 0) is 18.9 Å². The van der Waals surface area contributed by atoms with Gasteiger partial charge in [-0.2, -0.15) is 13.5 Å². The summed E-state index contributed by atoms with van der Waals surface area (Å²) in [6.07, 6.45) is 3.69. The van der Waals surface area contributed by atoms with Crippen LogP contribution in [0.25, 0.3) is 0 Å². The first-order chi connectivity index (χ1) is 8.15. The number of sulfonamides is 1. The van der Waals surface area contributed by atoms with Crippen LogP contribution in [0.1, 0.15) is 24.5 Å². The molecule has 90 valence electrons. The molecular formula is C9H10N4O2S2. The van der Waals surface area contributed by atoms with Crippen molar-refractivity contribution < 1.29 is 8.42 Å². The lowest BCUT2D eigenvalue weighted by Gasteiger charge is -2.01. The molecule has 2 N–H and O–H groups in total. The lowest BCUT2D eigenvalue weighted by atomic mass is 10.3. The van der Waals surface area contributed by atoms with E-state index in [0.717, 1.165) is 18.5 Å². The van der Waals surface area contributed by atoms with Crippen LogP contribution in [0.3, 0.4) is 0 Å². The van der Waals surface area contributed by atoms with Gasteiger partial charge >= 0.3 is 0 Å². The van der Waals surface area contributed by atoms with Crippen LogP contribution in [0.4, 0.5) is 5.13 Å². The molecule has 17 heavy (non-hydrogen) atoms. The van der Waals surface area contributed by atoms with Crippen LogP contribution in [-0.2, 0) is 10.0 Å². The van der Waals surface area contributed by atoms with E-state index in [-0.39, 0.29) is 5.03 Å². The summed E-state index contributed by atoms with van der Waals surface area (Å²) in [6.45, 7) is 0. The van der Waals surface area contributed by atoms with E-state index < -0.39 is 10.0 Å². The Morgan fingerprint density at radius 3 is 2.94 bits per heavy atom. The number of aromatic nitrogens is 3. The molecule has 0 aromatic carbocycles. The molecule has 6 nitrogen and oxygen atoms in total. The minimum atomic E-state index is -3.58. The van der Waals surface area contributed by atoms with Gasteiger partial charge in [0.2, 0.25) is 0 Å². The van der Waals surface area contributed by atoms with Crippen LogP contribution in [0.15, 0.2) is 22.7 Å². The zero-order valence-electron chi connectivity index (χ0n) is 8.75. The number of hydrogen-bond acceptors (Lipinski definition) is 5. The molecule has 1 fully saturated rings. The molecule has 8 heteroatoms. The average Bonchev–Trinajstić information content (AvgIpc) is 2.81. The number of nitrogens with zero attached hydrogens (tertiary/aromatic N) is 2. The van der Waals surface area contributed by atoms with Crippen molar-refractivity contribution in [3.8, 4) is 0 Å². The first-order valence-electron chi connectivity index (χ1n) is 5.13. The van der Waals surface area contributed by atoms with Gasteiger partial charge in [0.15, 0.2) is 10.2 Å². The van der Waals surface area contributed by atoms with Crippen molar-refractivity contribution in [2.45, 2.75) is 23.8 Å². The summed E-state index contributed by atoms with van der Waals surface area (Å²) >= 11 is 1.31. The summed E-state index contributed by atoms with van der Waals surface area (Å²) in [7, 11) is -3.58. The molecule has 0 bridgehead atoms. The Morgan fingerprint density at radius 2 is 2.29 bits per heavy atom. The van der Waals surface area contributed by atoms with E-state index in [1.165, 1.54) is 23.6 Å². The summed E-state index contributed by atoms with van der Waals surface area (Å²) < 4.78 is 26.1. The van der Waals surface area contributed by atoms with Crippen molar-refractivity contribution in [3.05, 3.63) is 23.3 Å². The van der Waals surface area contributed by atoms with E-state index in [2.05, 4.69) is 19.9 Å². The topological polar surface area (TPSA) is 87.7 Å². The van der Waals surface area contributed by atoms with Gasteiger partial charge in [-0.15, -0.1) is 11.3 Å². The highest BCUT2D eigenvalue weighted by Crippen LogP contribution is 2.41. The molecule has 0 spiro atoms. The molecule has 0 unspecified atom stereocenters. The second-order valence-electron chi connectivity index (χ2n) is 3.88. The Hall–Kier alpha value is -1.41. The summed E-state index contributed by atoms with van der Waals surface area (Å²) in [4.78, 5) is 4.26. The second kappa shape index (κ2) is 3.81. The molecule has 0 radical (unpaired) electrons. The van der Waals surface area contributed by atoms with Crippen LogP contribution < -0.4 is 4.72 Å². The van der Waals surface area contributed by atoms with E-state index in [0.29, 0.717) is 11.0 Å². The van der Waals surface area contributed by atoms with Gasteiger partial charge in [0, 0.05) is 11.3 Å². The zero-order valence-corrected chi connectivity index (χ0v) is 10.4. The van der Waals surface area contributed by atoms with E-state index in [9.17, 15) is 8.42 Å². The van der Waals surface area contributed by atoms with Crippen molar-refractivity contribution in [2.75, 3.05) is 4.72 Å². The predicted octanol–water partition coefficient (Wildman–Crippen LogP) is 1.54. The monoisotopic (exact) mass is 270 g/mol. The fourth-order valence-electron chi connectivity index (χ4n) is 1.46. The highest BCUT2D eigenvalue weighted by Gasteiger charge is 2.27. The maximum absolute atomic E-state index is 11.8. The molecule has 0 atom stereocenters. The third kappa shape index (κ3) is 2.18. The first kappa shape index (κ1) is 10.7. The maximum atomic E-state index is 11.8. The van der Waals surface area contributed by atoms with Crippen LogP contribution in [0.5, 0.6) is 0 Å². The molecule has 1 saturated carbocycles. The van der Waals surface area contributed by atoms with E-state index >= 15 is 0 Å². The standard InChI is InChI=1S/C9H10N4O2S2/c14-17(15,8-3-4-10-12-8)13-9-11-7(5-16-9)6-1-2-6/h3-6H,1-2H2,(H,10,12)(H,11,13). The molecule has 2 heterocycles. The summed E-state index contributed by atoms with van der Waals surface area (Å²) in [5.41, 5.74) is 0.984. The molecule has 0 aliphatic heterocycles. The van der Waals surface area contributed by atoms with E-state index in [4.69, 9.17) is 0 Å². The Morgan fingerprint density at radius 1 is 1.47 bits per heavy atom. The lowest BCUT2D eigenvalue weighted by Crippen LogP contribution is -2.13. The minimum absolute atomic E-state index is 0.0423. The highest BCUT2D eigenvalue weighted by molar-refractivity contribution is 7.92. The molecule has 2 aromatic heterocycles. The minimum Gasteiger partial charge on any atom is -0.266 e. The van der Waals surface area contributed by atoms with Gasteiger partial charge in [0.1, 0.15) is 0 Å². The number of thiazole rings is 1. The highest BCUT2D eigenvalue weighted by atomic mass is 32.2. The Kier molecular flexibility index (Phi) is 2.40. The largest absolute Gasteiger partial charge is 0.280 e. The summed E-state index contributed by atoms with van der Waals surface area (Å²) in [5.74, 6) is 0.525. The fourth-order valence-corrected chi connectivity index (χ4v) is 3.42. The summed E-state index contributed by atoms with van der Waals surface area (Å²) in [6, 6.07) is 1.40. The number of anilines is 1. The van der Waals surface area contributed by atoms with Crippen LogP contribution >= 0.6 is 11.3 Å². The molecule has 1 aliphatic rings. The number of rotatable bonds is 4. The predicted molar refractivity (Wildman–Crippen MR) is 63.5 cm³/mol. The molecular weight excluding hydrogens is 260 g/mol. The lowest BCUT2D eigenvalue weighted by molar-refractivity contribution is 0.597. The van der Waals surface area contributed by atoms with Crippen molar-refractivity contribution in [1.29, 1.82) is 0 Å². The Labute approximate surface area is 102 Å². The fraction of sp³-hybridized carbons (Fsp3) is 0.333. The molecule has 3 rings (SSSR count). The number of nitrogens with one attached hydrogen (secondary N) is 2. The van der Waals surface area contributed by atoms with Crippen molar-refractivity contribution >= 4 is 26.5 Å². The SMILES string of the molecule is O=S(=O)(Nc1nc(C2CC2)cs1)c1ccn[nH]1. The van der Waals surface area contributed by atoms with E-state index in [1.807, 2.05) is 5.38 Å². The summed E-state index contributed by atoms with van der Waals surface area (Å²) in [5, 5.41) is 8.38. The van der Waals surface area contributed by atoms with Crippen molar-refractivity contribution in [2.24, 2.45) is 0 Å². The van der Waals surface area contributed by atoms with Gasteiger partial charge in [-0.3, -0.25) is 9.82 Å². The maximum Gasteiger partial charge on any atom is 0.280 e. The van der Waals surface area contributed by atoms with Crippen LogP contribution in [0, 0.1) is 0 Å². The van der Waals surface area contributed by atoms with Crippen LogP contribution in [0.2, 0.25) is 0 Å². The Balaban J connectivity index is 1.81. The van der Waals surface area contributed by atoms with Crippen LogP contribution in [-0.4, -0.2) is 23.6 Å². The van der Waals surface area contributed by atoms with E-state index in [1.54, 1.807) is 0 Å². The first-order valence-corrected chi connectivity index (χ1v) is 7.49. The second-order valence-corrected chi connectivity index (χ2v) is 6.39. The van der Waals surface area contributed by atoms with Gasteiger partial charge in [0.25, 0.3) is 10.0 Å². The molecule has 1 aliphatic carbocycles. The number of aromatic amines is 1. The van der Waals surface area contributed by atoms with Gasteiger partial charge < -0.3 is 0 Å². The van der Waals surface area contributed by atoms with Gasteiger partial charge in [-0.1, -0.05) is 0 Å². The molecule has 0 amide bonds. The average molecular weight is 270 g/mol. The third-order valence-corrected chi connectivity index (χ3v) is 4.68. The Bertz CT molecular complexity index is 613. The van der Waals surface area contributed by atoms with Crippen molar-refractivity contribution in [3.63, 3.8) is 0 Å². The van der Waals surface area contributed by atoms with Gasteiger partial charge in [-0.25, -0.2) is 4.98 Å². The molecule has 2 aromatic rings. The zero-order chi connectivity index (χ0) is 11.9. The number of hydrogen-bond donors (Lipinski definition) is 2.